The van der Waals surface area contributed by atoms with Gasteiger partial charge in [0, 0.05) is 21.9 Å². The average molecular weight is 325 g/mol. The number of nitrogens with two attached hydrogens (primary N) is 1. The molecule has 1 aromatic heterocycles. The first kappa shape index (κ1) is 15.0. The lowest BCUT2D eigenvalue weighted by Crippen LogP contribution is -1.84. The van der Waals surface area contributed by atoms with Crippen LogP contribution in [0.4, 0.5) is 11.6 Å². The van der Waals surface area contributed by atoms with E-state index >= 15 is 0 Å². The van der Waals surface area contributed by atoms with Crippen molar-refractivity contribution in [2.24, 2.45) is 10.2 Å². The molecule has 0 radical (unpaired) electrons. The Labute approximate surface area is 137 Å². The van der Waals surface area contributed by atoms with Gasteiger partial charge in [0.05, 0.1) is 0 Å². The van der Waals surface area contributed by atoms with Crippen molar-refractivity contribution < 1.29 is 4.79 Å². The van der Waals surface area contributed by atoms with E-state index in [2.05, 4.69) is 15.2 Å². The summed E-state index contributed by atoms with van der Waals surface area (Å²) >= 11 is 5.80. The number of hydrogen-bond donors (Lipinski definition) is 2. The summed E-state index contributed by atoms with van der Waals surface area (Å²) in [5.41, 5.74) is 6.72. The summed E-state index contributed by atoms with van der Waals surface area (Å²) in [4.78, 5) is 14.7. The zero-order valence-corrected chi connectivity index (χ0v) is 12.8. The molecule has 0 spiro atoms. The van der Waals surface area contributed by atoms with Gasteiger partial charge in [0.2, 0.25) is 0 Å². The largest absolute Gasteiger partial charge is 0.385 e. The summed E-state index contributed by atoms with van der Waals surface area (Å²) in [5, 5.41) is 9.94. The monoisotopic (exact) mass is 324 g/mol. The van der Waals surface area contributed by atoms with E-state index in [-0.39, 0.29) is 0 Å². The molecule has 23 heavy (non-hydrogen) atoms. The summed E-state index contributed by atoms with van der Waals surface area (Å²) in [6.45, 7) is 0. The highest BCUT2D eigenvalue weighted by Crippen LogP contribution is 2.30. The van der Waals surface area contributed by atoms with Gasteiger partial charge in [0.15, 0.2) is 5.82 Å². The number of rotatable bonds is 3. The summed E-state index contributed by atoms with van der Waals surface area (Å²) in [6, 6.07) is 14.6. The molecule has 0 aliphatic heterocycles. The molecule has 0 aliphatic rings. The number of halogens is 1. The number of amides is 1. The molecular weight excluding hydrogens is 312 g/mol. The van der Waals surface area contributed by atoms with E-state index in [1.54, 1.807) is 18.2 Å². The van der Waals surface area contributed by atoms with Crippen LogP contribution in [0.25, 0.3) is 16.8 Å². The molecule has 6 heteroatoms. The van der Waals surface area contributed by atoms with Crippen molar-refractivity contribution >= 4 is 46.0 Å². The van der Waals surface area contributed by atoms with E-state index in [1.807, 2.05) is 36.4 Å². The molecule has 114 valence electrons. The molecule has 2 aromatic carbocycles. The summed E-state index contributed by atoms with van der Waals surface area (Å²) in [5.74, 6) is 0.502. The minimum absolute atomic E-state index is 0.461. The smallest absolute Gasteiger partial charge is 0.288 e. The predicted octanol–water partition coefficient (Wildman–Crippen LogP) is 4.73. The zero-order chi connectivity index (χ0) is 16.2. The Balaban J connectivity index is 1.76. The maximum atomic E-state index is 11.8. The lowest BCUT2D eigenvalue weighted by atomic mass is 10.2. The van der Waals surface area contributed by atoms with Crippen LogP contribution in [0.3, 0.4) is 0 Å². The lowest BCUT2D eigenvalue weighted by Gasteiger charge is -1.92. The van der Waals surface area contributed by atoms with Crippen LogP contribution >= 0.6 is 11.6 Å². The maximum absolute atomic E-state index is 11.8. The number of benzene rings is 2. The van der Waals surface area contributed by atoms with Gasteiger partial charge >= 0.3 is 0 Å². The van der Waals surface area contributed by atoms with Crippen molar-refractivity contribution in [2.75, 3.05) is 5.73 Å². The number of anilines is 1. The highest BCUT2D eigenvalue weighted by Gasteiger charge is 2.06. The Morgan fingerprint density at radius 1 is 1.09 bits per heavy atom. The molecule has 0 unspecified atom stereocenters. The molecule has 3 N–H and O–H groups in total. The molecule has 1 amide bonds. The van der Waals surface area contributed by atoms with Crippen LogP contribution in [0.15, 0.2) is 64.8 Å². The number of azo groups is 1. The average Bonchev–Trinajstić information content (AvgIpc) is 2.89. The summed E-state index contributed by atoms with van der Waals surface area (Å²) in [6.07, 6.45) is 3.00. The fraction of sp³-hybridized carbons (Fsp3) is 0. The summed E-state index contributed by atoms with van der Waals surface area (Å²) < 4.78 is 0. The number of aromatic amines is 1. The minimum atomic E-state index is -0.461. The number of H-pyrrole nitrogens is 1. The highest BCUT2D eigenvalue weighted by molar-refractivity contribution is 6.30. The molecule has 0 aliphatic carbocycles. The molecule has 0 saturated heterocycles. The van der Waals surface area contributed by atoms with Gasteiger partial charge in [-0.05, 0) is 23.8 Å². The minimum Gasteiger partial charge on any atom is -0.385 e. The van der Waals surface area contributed by atoms with Gasteiger partial charge in [-0.1, -0.05) is 48.0 Å². The van der Waals surface area contributed by atoms with Crippen molar-refractivity contribution in [1.82, 2.24) is 4.98 Å². The van der Waals surface area contributed by atoms with Crippen LogP contribution in [0.2, 0.25) is 5.02 Å². The number of nitrogens with one attached hydrogen (secondary N) is 1. The van der Waals surface area contributed by atoms with Crippen LogP contribution in [0.1, 0.15) is 5.56 Å². The van der Waals surface area contributed by atoms with Crippen molar-refractivity contribution in [3.63, 3.8) is 0 Å². The van der Waals surface area contributed by atoms with E-state index in [0.29, 0.717) is 16.7 Å². The second-order valence-electron chi connectivity index (χ2n) is 4.86. The zero-order valence-electron chi connectivity index (χ0n) is 12.0. The van der Waals surface area contributed by atoms with Crippen molar-refractivity contribution in [1.29, 1.82) is 0 Å². The second kappa shape index (κ2) is 6.46. The first-order valence-corrected chi connectivity index (χ1v) is 7.27. The van der Waals surface area contributed by atoms with Crippen LogP contribution in [-0.4, -0.2) is 10.9 Å². The Bertz CT molecular complexity index is 910. The molecular formula is C17H13ClN4O. The van der Waals surface area contributed by atoms with Crippen LogP contribution in [0.5, 0.6) is 0 Å². The van der Waals surface area contributed by atoms with Crippen molar-refractivity contribution in [3.05, 3.63) is 65.2 Å². The number of carbonyl (C=O) groups is 1. The number of aromatic nitrogens is 1. The van der Waals surface area contributed by atoms with Gasteiger partial charge in [-0.2, -0.15) is 0 Å². The van der Waals surface area contributed by atoms with Crippen molar-refractivity contribution in [3.8, 4) is 0 Å². The van der Waals surface area contributed by atoms with E-state index in [4.69, 9.17) is 17.3 Å². The summed E-state index contributed by atoms with van der Waals surface area (Å²) in [7, 11) is 0. The Kier molecular flexibility index (Phi) is 4.21. The van der Waals surface area contributed by atoms with Gasteiger partial charge in [-0.25, -0.2) is 0 Å². The quantitative estimate of drug-likeness (QED) is 0.539. The normalized spacial score (nSPS) is 11.7. The van der Waals surface area contributed by atoms with Gasteiger partial charge in [0.1, 0.15) is 5.82 Å². The Morgan fingerprint density at radius 2 is 1.78 bits per heavy atom. The highest BCUT2D eigenvalue weighted by atomic mass is 35.5. The molecule has 0 atom stereocenters. The van der Waals surface area contributed by atoms with Crippen LogP contribution in [0, 0.1) is 0 Å². The van der Waals surface area contributed by atoms with E-state index < -0.39 is 5.91 Å². The third-order valence-corrected chi connectivity index (χ3v) is 3.51. The second-order valence-corrected chi connectivity index (χ2v) is 5.29. The van der Waals surface area contributed by atoms with Gasteiger partial charge in [-0.3, -0.25) is 4.79 Å². The molecule has 0 bridgehead atoms. The number of hydrogen-bond acceptors (Lipinski definition) is 3. The number of carbonyl (C=O) groups excluding carboxylic acids is 1. The predicted molar refractivity (Wildman–Crippen MR) is 92.7 cm³/mol. The van der Waals surface area contributed by atoms with Crippen molar-refractivity contribution in [2.45, 2.75) is 0 Å². The fourth-order valence-corrected chi connectivity index (χ4v) is 2.27. The molecule has 5 nitrogen and oxygen atoms in total. The Hall–Kier alpha value is -2.92. The van der Waals surface area contributed by atoms with E-state index in [1.165, 1.54) is 6.08 Å². The first-order chi connectivity index (χ1) is 11.1. The molecule has 1 heterocycles. The van der Waals surface area contributed by atoms with E-state index in [0.717, 1.165) is 16.3 Å². The van der Waals surface area contributed by atoms with Gasteiger partial charge in [0.25, 0.3) is 5.91 Å². The topological polar surface area (TPSA) is 83.6 Å². The number of nitrogen functional groups attached to an aromatic ring is 1. The van der Waals surface area contributed by atoms with E-state index in [9.17, 15) is 4.79 Å². The Morgan fingerprint density at radius 3 is 2.52 bits per heavy atom. The standard InChI is InChI=1S/C17H13ClN4O/c18-12-8-5-11(6-9-12)7-10-15(23)21-22-17-14-4-2-1-3-13(14)16(19)20-17/h1-10,20H,19H2/b10-7+,22-21?. The van der Waals surface area contributed by atoms with Crippen LogP contribution < -0.4 is 5.73 Å². The van der Waals surface area contributed by atoms with Crippen LogP contribution in [-0.2, 0) is 4.79 Å². The number of fused-ring (bicyclic) bond motifs is 1. The molecule has 3 rings (SSSR count). The van der Waals surface area contributed by atoms with Gasteiger partial charge in [-0.15, -0.1) is 10.2 Å². The molecule has 0 fully saturated rings. The lowest BCUT2D eigenvalue weighted by molar-refractivity contribution is -0.113. The first-order valence-electron chi connectivity index (χ1n) is 6.89. The molecule has 3 aromatic rings. The number of nitrogens with zero attached hydrogens (tertiary/aromatic N) is 2. The maximum Gasteiger partial charge on any atom is 0.288 e. The third kappa shape index (κ3) is 3.46. The third-order valence-electron chi connectivity index (χ3n) is 3.26. The molecule has 0 saturated carbocycles. The van der Waals surface area contributed by atoms with Gasteiger partial charge < -0.3 is 10.7 Å². The SMILES string of the molecule is Nc1[nH]c(N=NC(=O)/C=C/c2ccc(Cl)cc2)c2ccccc12. The fourth-order valence-electron chi connectivity index (χ4n) is 2.14.